The summed E-state index contributed by atoms with van der Waals surface area (Å²) in [6, 6.07) is 1.59. The Kier molecular flexibility index (Phi) is 8.89. The summed E-state index contributed by atoms with van der Waals surface area (Å²) in [4.78, 5) is 19.7. The molecule has 1 aromatic heterocycles. The Labute approximate surface area is 184 Å². The first-order valence-electron chi connectivity index (χ1n) is 10.7. The largest absolute Gasteiger partial charge is 0.481 e. The second-order valence-corrected chi connectivity index (χ2v) is 13.5. The number of rotatable bonds is 10. The summed E-state index contributed by atoms with van der Waals surface area (Å²) in [5.41, 5.74) is 6.14. The van der Waals surface area contributed by atoms with Crippen LogP contribution in [0.5, 0.6) is 0 Å². The van der Waals surface area contributed by atoms with Gasteiger partial charge in [-0.15, -0.1) is 13.2 Å². The van der Waals surface area contributed by atoms with Crippen molar-refractivity contribution in [3.63, 3.8) is 0 Å². The summed E-state index contributed by atoms with van der Waals surface area (Å²) >= 11 is 0. The predicted molar refractivity (Wildman–Crippen MR) is 124 cm³/mol. The van der Waals surface area contributed by atoms with Gasteiger partial charge in [0.15, 0.2) is 6.23 Å². The lowest BCUT2D eigenvalue weighted by Crippen LogP contribution is -2.37. The first kappa shape index (κ1) is 25.6. The van der Waals surface area contributed by atoms with Crippen molar-refractivity contribution < 1.29 is 24.9 Å². The predicted octanol–water partition coefficient (Wildman–Crippen LogP) is 1.22. The molecule has 0 aliphatic carbocycles. The Morgan fingerprint density at radius 2 is 2.03 bits per heavy atom. The van der Waals surface area contributed by atoms with Crippen LogP contribution in [0.1, 0.15) is 39.3 Å². The Morgan fingerprint density at radius 1 is 1.35 bits per heavy atom. The molecule has 1 aliphatic rings. The van der Waals surface area contributed by atoms with E-state index < -0.39 is 37.4 Å². The highest BCUT2D eigenvalue weighted by molar-refractivity contribution is 7.72. The molecule has 2 unspecified atom stereocenters. The Balaban J connectivity index is 2.15. The number of unbranched alkanes of at least 4 members (excludes halogenated alkanes) is 1. The summed E-state index contributed by atoms with van der Waals surface area (Å²) in [6.07, 6.45) is 5.23. The van der Waals surface area contributed by atoms with E-state index in [4.69, 9.17) is 15.6 Å². The molecule has 9 nitrogen and oxygen atoms in total. The average Bonchev–Trinajstić information content (AvgIpc) is 2.95. The number of nitrogens with two attached hydrogens (primary N) is 1. The molecule has 0 amide bonds. The van der Waals surface area contributed by atoms with Crippen LogP contribution >= 0.6 is 6.89 Å². The van der Waals surface area contributed by atoms with Gasteiger partial charge in [-0.3, -0.25) is 14.4 Å². The topological polar surface area (TPSA) is 143 Å². The summed E-state index contributed by atoms with van der Waals surface area (Å²) < 4.78 is 7.69. The van der Waals surface area contributed by atoms with Crippen molar-refractivity contribution in [3.8, 4) is 0 Å². The molecule has 2 rings (SSSR count). The number of aliphatic hydroxyl groups excluding tert-OH is 2. The fraction of sp³-hybridized carbons (Fsp3) is 0.714. The number of hydrogen-bond acceptors (Lipinski definition) is 7. The highest BCUT2D eigenvalue weighted by Crippen LogP contribution is 2.42. The molecule has 0 saturated carbocycles. The van der Waals surface area contributed by atoms with Gasteiger partial charge in [0, 0.05) is 12.7 Å². The third kappa shape index (κ3) is 7.17. The lowest BCUT2D eigenvalue weighted by Gasteiger charge is -2.26. The molecular weight excluding hydrogens is 419 g/mol. The zero-order valence-corrected chi connectivity index (χ0v) is 19.8. The Morgan fingerprint density at radius 3 is 2.65 bits per heavy atom. The normalized spacial score (nSPS) is 26.7. The van der Waals surface area contributed by atoms with Gasteiger partial charge in [-0.05, 0) is 44.3 Å². The summed E-state index contributed by atoms with van der Waals surface area (Å²) in [5.74, 6) is -0.861. The maximum atomic E-state index is 10.9. The van der Waals surface area contributed by atoms with Crippen LogP contribution in [0, 0.1) is 11.8 Å². The molecule has 5 N–H and O–H groups in total. The summed E-state index contributed by atoms with van der Waals surface area (Å²) in [5, 5.41) is 30.3. The zero-order chi connectivity index (χ0) is 23.3. The number of aromatic nitrogens is 2. The molecule has 1 saturated heterocycles. The highest BCUT2D eigenvalue weighted by Gasteiger charge is 2.46. The molecule has 1 fully saturated rings. The van der Waals surface area contributed by atoms with Crippen LogP contribution in [0.4, 0.5) is 5.82 Å². The molecule has 0 radical (unpaired) electrons. The molecule has 31 heavy (non-hydrogen) atoms. The maximum Gasteiger partial charge on any atom is 0.306 e. The molecule has 0 aromatic carbocycles. The minimum atomic E-state index is -1.33. The number of nitrogen functional groups attached to an aromatic ring is 1. The molecule has 0 spiro atoms. The van der Waals surface area contributed by atoms with Crippen LogP contribution in [0.2, 0.25) is 0 Å². The van der Waals surface area contributed by atoms with E-state index in [0.717, 1.165) is 12.6 Å². The van der Waals surface area contributed by atoms with Crippen LogP contribution in [-0.4, -0.2) is 81.5 Å². The van der Waals surface area contributed by atoms with Gasteiger partial charge in [0.05, 0.1) is 12.0 Å². The van der Waals surface area contributed by atoms with Gasteiger partial charge in [0.25, 0.3) is 0 Å². The zero-order valence-electron chi connectivity index (χ0n) is 18.9. The lowest BCUT2D eigenvalue weighted by atomic mass is 10.0. The van der Waals surface area contributed by atoms with Crippen molar-refractivity contribution in [2.75, 3.05) is 31.8 Å². The van der Waals surface area contributed by atoms with Crippen LogP contribution in [0.3, 0.4) is 0 Å². The molecule has 6 atom stereocenters. The first-order valence-corrected chi connectivity index (χ1v) is 13.7. The molecule has 176 valence electrons. The number of carbonyl (C=O) groups is 1. The van der Waals surface area contributed by atoms with E-state index in [9.17, 15) is 15.0 Å². The SMILES string of the molecule is C=P(C)(C)CC(C)[C@H]1O[C@@H](n2ccc(N)nc2=NCCCCC(C)C(=O)O)[C@H](O)[C@@H]1O. The maximum absolute atomic E-state index is 10.9. The van der Waals surface area contributed by atoms with Crippen molar-refractivity contribution in [3.05, 3.63) is 17.9 Å². The minimum absolute atomic E-state index is 0.0365. The van der Waals surface area contributed by atoms with Crippen LogP contribution < -0.4 is 11.4 Å². The smallest absolute Gasteiger partial charge is 0.306 e. The van der Waals surface area contributed by atoms with Gasteiger partial charge in [0.2, 0.25) is 5.62 Å². The third-order valence-electron chi connectivity index (χ3n) is 5.48. The number of carboxylic acid groups (broad SMARTS) is 1. The van der Waals surface area contributed by atoms with Crippen molar-refractivity contribution >= 4 is 25.0 Å². The van der Waals surface area contributed by atoms with E-state index in [0.29, 0.717) is 25.0 Å². The van der Waals surface area contributed by atoms with Crippen molar-refractivity contribution in [2.24, 2.45) is 16.8 Å². The standard InChI is InChI=1S/C21H37N4O5P/c1-13(20(28)29)8-6-7-10-23-21-24-15(22)9-11-25(21)19-17(27)16(26)18(30-19)14(2)12-31(3,4)5/h9,11,13-14,16-19,26-27H,3,6-8,10,12H2,1-2,4-5H3,(H,28,29)(H2,22,23,24)/t13?,14?,16-,17+,18+,19+/m0/s1. The molecule has 1 aromatic rings. The Bertz CT molecular complexity index is 868. The van der Waals surface area contributed by atoms with Crippen molar-refractivity contribution in [1.29, 1.82) is 0 Å². The fourth-order valence-corrected chi connectivity index (χ4v) is 5.65. The van der Waals surface area contributed by atoms with Gasteiger partial charge in [-0.1, -0.05) is 20.3 Å². The number of hydrogen-bond donors (Lipinski definition) is 4. The number of carboxylic acids is 1. The Hall–Kier alpha value is -1.67. The fourth-order valence-electron chi connectivity index (χ4n) is 3.88. The van der Waals surface area contributed by atoms with Crippen LogP contribution in [0.15, 0.2) is 17.3 Å². The van der Waals surface area contributed by atoms with Crippen LogP contribution in [0.25, 0.3) is 0 Å². The second-order valence-electron chi connectivity index (χ2n) is 9.24. The van der Waals surface area contributed by atoms with Gasteiger partial charge in [-0.2, -0.15) is 4.98 Å². The van der Waals surface area contributed by atoms with E-state index in [1.807, 2.05) is 6.92 Å². The van der Waals surface area contributed by atoms with E-state index in [1.54, 1.807) is 23.8 Å². The van der Waals surface area contributed by atoms with Gasteiger partial charge in [-0.25, -0.2) is 0 Å². The van der Waals surface area contributed by atoms with E-state index in [-0.39, 0.29) is 17.7 Å². The minimum Gasteiger partial charge on any atom is -0.481 e. The third-order valence-corrected chi connectivity index (χ3v) is 7.04. The van der Waals surface area contributed by atoms with Gasteiger partial charge in [0.1, 0.15) is 18.0 Å². The molecule has 1 aliphatic heterocycles. The number of nitrogens with zero attached hydrogens (tertiary/aromatic N) is 3. The molecule has 10 heteroatoms. The van der Waals surface area contributed by atoms with Crippen molar-refractivity contribution in [1.82, 2.24) is 9.55 Å². The number of anilines is 1. The number of ether oxygens (including phenoxy) is 1. The quantitative estimate of drug-likeness (QED) is 0.306. The summed E-state index contributed by atoms with van der Waals surface area (Å²) in [7, 11) is 0. The average molecular weight is 457 g/mol. The van der Waals surface area contributed by atoms with E-state index >= 15 is 0 Å². The monoisotopic (exact) mass is 456 g/mol. The van der Waals surface area contributed by atoms with Gasteiger partial charge >= 0.3 is 5.97 Å². The highest BCUT2D eigenvalue weighted by atomic mass is 31.2. The van der Waals surface area contributed by atoms with Crippen LogP contribution in [-0.2, 0) is 9.53 Å². The first-order chi connectivity index (χ1) is 14.4. The summed E-state index contributed by atoms with van der Waals surface area (Å²) in [6.45, 7) is 7.06. The van der Waals surface area contributed by atoms with E-state index in [2.05, 4.69) is 29.6 Å². The van der Waals surface area contributed by atoms with E-state index in [1.165, 1.54) is 0 Å². The number of aliphatic carboxylic acids is 1. The second kappa shape index (κ2) is 10.8. The molecule has 2 heterocycles. The van der Waals surface area contributed by atoms with Crippen molar-refractivity contribution in [2.45, 2.75) is 57.6 Å². The molecular formula is C21H37N4O5P. The molecule has 0 bridgehead atoms. The van der Waals surface area contributed by atoms with Gasteiger partial charge < -0.3 is 25.8 Å². The number of aliphatic hydroxyl groups is 2. The lowest BCUT2D eigenvalue weighted by molar-refractivity contribution is -0.141.